The van der Waals surface area contributed by atoms with Crippen LogP contribution in [0.5, 0.6) is 23.0 Å². The van der Waals surface area contributed by atoms with Gasteiger partial charge in [-0.2, -0.15) is 5.10 Å². The summed E-state index contributed by atoms with van der Waals surface area (Å²) in [5.74, 6) is -9.50. The first-order chi connectivity index (χ1) is 46.4. The van der Waals surface area contributed by atoms with E-state index in [2.05, 4.69) is 30.9 Å². The lowest BCUT2D eigenvalue weighted by Crippen LogP contribution is -2.70. The van der Waals surface area contributed by atoms with Crippen LogP contribution in [0.2, 0.25) is 0 Å². The monoisotopic (exact) mass is 1400 g/mol. The Kier molecular flexibility index (Phi) is 25.9. The van der Waals surface area contributed by atoms with Crippen LogP contribution in [-0.2, 0) is 47.5 Å². The van der Waals surface area contributed by atoms with Gasteiger partial charge in [-0.05, 0) is 40.9 Å². The second-order valence-electron chi connectivity index (χ2n) is 26.0. The minimum atomic E-state index is -2.39. The van der Waals surface area contributed by atoms with Crippen LogP contribution in [0.4, 0.5) is 5.69 Å². The number of ketones is 1. The molecular formula is C64H97N11O24. The van der Waals surface area contributed by atoms with Gasteiger partial charge < -0.3 is 137 Å². The van der Waals surface area contributed by atoms with E-state index >= 15 is 0 Å². The lowest BCUT2D eigenvalue weighted by molar-refractivity contribution is -0.314. The molecule has 0 aromatic heterocycles. The minimum Gasteiger partial charge on any atom is -0.507 e. The van der Waals surface area contributed by atoms with E-state index < -0.39 is 199 Å². The number of hydrogen-bond acceptors (Lipinski definition) is 30. The van der Waals surface area contributed by atoms with Crippen LogP contribution in [0.1, 0.15) is 76.9 Å². The second kappa shape index (κ2) is 32.5. The van der Waals surface area contributed by atoms with Crippen LogP contribution in [0.25, 0.3) is 10.8 Å². The van der Waals surface area contributed by atoms with Gasteiger partial charge in [0.05, 0.1) is 77.8 Å². The topological polar surface area (TPSA) is 554 Å². The molecular weight excluding hydrogens is 1310 g/mol. The summed E-state index contributed by atoms with van der Waals surface area (Å²) in [6, 6.07) is -4.02. The number of carbonyl (C=O) groups is 4. The number of Topliss-reactive ketones (excluding diaryl/α,β-unsaturated/α-hetero) is 1. The molecule has 6 aliphatic heterocycles. The number of nitrogens with one attached hydrogen (secondary N) is 4. The minimum absolute atomic E-state index is 0.0559. The van der Waals surface area contributed by atoms with Crippen molar-refractivity contribution in [1.29, 1.82) is 5.41 Å². The average molecular weight is 1400 g/mol. The smallest absolute Gasteiger partial charge is 0.312 e. The third-order valence-electron chi connectivity index (χ3n) is 19.3. The van der Waals surface area contributed by atoms with Gasteiger partial charge in [-0.25, -0.2) is 4.99 Å². The summed E-state index contributed by atoms with van der Waals surface area (Å²) >= 11 is 0. The van der Waals surface area contributed by atoms with Gasteiger partial charge in [0.1, 0.15) is 78.2 Å². The van der Waals surface area contributed by atoms with Crippen LogP contribution >= 0.6 is 0 Å². The Morgan fingerprint density at radius 2 is 1.47 bits per heavy atom. The molecule has 1 aliphatic carbocycles. The van der Waals surface area contributed by atoms with Crippen molar-refractivity contribution in [3.63, 3.8) is 0 Å². The van der Waals surface area contributed by atoms with E-state index in [4.69, 9.17) is 60.5 Å². The van der Waals surface area contributed by atoms with Gasteiger partial charge >= 0.3 is 11.8 Å². The highest BCUT2D eigenvalue weighted by Gasteiger charge is 2.61. The molecule has 22 N–H and O–H groups in total. The predicted molar refractivity (Wildman–Crippen MR) is 353 cm³/mol. The van der Waals surface area contributed by atoms with Crippen molar-refractivity contribution >= 4 is 58.5 Å². The number of benzene rings is 2. The molecule has 35 heteroatoms. The Bertz CT molecular complexity index is 3410. The van der Waals surface area contributed by atoms with E-state index in [-0.39, 0.29) is 50.8 Å². The molecule has 2 aromatic carbocycles. The molecule has 99 heavy (non-hydrogen) atoms. The number of likely N-dealkylation sites (N-methyl/N-ethyl adjacent to an activating group) is 2. The maximum Gasteiger partial charge on any atom is 0.312 e. The summed E-state index contributed by atoms with van der Waals surface area (Å²) < 4.78 is 46.5. The van der Waals surface area contributed by atoms with Crippen LogP contribution < -0.4 is 37.9 Å². The van der Waals surface area contributed by atoms with Gasteiger partial charge in [0.25, 0.3) is 11.7 Å². The fraction of sp³-hybridized carbons (Fsp3) is 0.641. The maximum absolute atomic E-state index is 14.4. The molecule has 552 valence electrons. The molecule has 0 radical (unpaired) electrons. The molecule has 5 bridgehead atoms. The first-order valence-corrected chi connectivity index (χ1v) is 32.2. The lowest BCUT2D eigenvalue weighted by Gasteiger charge is -2.46. The highest BCUT2D eigenvalue weighted by atomic mass is 16.8. The number of aldehydes is 1. The Balaban J connectivity index is 0.000000300. The number of allylic oxidation sites excluding steroid dienone is 2. The number of esters is 1. The number of amides is 1. The third kappa shape index (κ3) is 16.3. The molecule has 2 aromatic rings. The summed E-state index contributed by atoms with van der Waals surface area (Å²) in [6.45, 7) is 15.7. The number of fused-ring (bicyclic) bond motifs is 14. The highest BCUT2D eigenvalue weighted by Crippen LogP contribution is 2.55. The number of rotatable bonds is 13. The zero-order chi connectivity index (χ0) is 73.8. The van der Waals surface area contributed by atoms with Gasteiger partial charge in [0.2, 0.25) is 0 Å². The Morgan fingerprint density at radius 3 is 2.06 bits per heavy atom. The van der Waals surface area contributed by atoms with Crippen molar-refractivity contribution in [3.8, 4) is 23.0 Å². The number of nitrogens with zero attached hydrogens (tertiary/aromatic N) is 4. The number of guanidine groups is 2. The molecule has 24 atom stereocenters. The maximum atomic E-state index is 14.4. The van der Waals surface area contributed by atoms with Crippen LogP contribution in [-0.4, -0.2) is 289 Å². The summed E-state index contributed by atoms with van der Waals surface area (Å²) in [6.07, 6.45) is -12.4. The molecule has 7 aliphatic rings. The number of hydrazone groups is 1. The Labute approximate surface area is 570 Å². The van der Waals surface area contributed by atoms with Gasteiger partial charge in [-0.1, -0.05) is 45.9 Å². The Hall–Kier alpha value is -7.43. The van der Waals surface area contributed by atoms with Crippen molar-refractivity contribution < 1.29 is 118 Å². The number of aliphatic imine (C=N–C) groups is 1. The number of anilines is 1. The largest absolute Gasteiger partial charge is 0.507 e. The molecule has 9 rings (SSSR count). The quantitative estimate of drug-likeness (QED) is 0.0230. The van der Waals surface area contributed by atoms with Crippen molar-refractivity contribution in [2.24, 2.45) is 51.0 Å². The number of aliphatic hydroxyl groups is 9. The third-order valence-corrected chi connectivity index (χ3v) is 19.3. The zero-order valence-electron chi connectivity index (χ0n) is 57.1. The first-order valence-electron chi connectivity index (χ1n) is 32.2. The van der Waals surface area contributed by atoms with E-state index in [1.807, 2.05) is 7.05 Å². The molecule has 6 heterocycles. The number of phenolic OH excluding ortho intramolecular Hbond substituents is 3. The molecule has 1 amide bonds. The van der Waals surface area contributed by atoms with E-state index in [0.29, 0.717) is 13.1 Å². The van der Waals surface area contributed by atoms with Gasteiger partial charge in [0.15, 0.2) is 42.1 Å². The Morgan fingerprint density at radius 1 is 0.828 bits per heavy atom. The zero-order valence-corrected chi connectivity index (χ0v) is 57.1. The number of ether oxygens (including phenoxy) is 8. The number of methoxy groups -OCH3 is 1. The van der Waals surface area contributed by atoms with Crippen LogP contribution in [0.3, 0.4) is 0 Å². The number of piperazine rings is 1. The number of aromatic hydroxyl groups is 3. The molecule has 1 saturated carbocycles. The fourth-order valence-electron chi connectivity index (χ4n) is 13.0. The lowest BCUT2D eigenvalue weighted by atomic mass is 9.78. The fourth-order valence-corrected chi connectivity index (χ4v) is 13.0. The summed E-state index contributed by atoms with van der Waals surface area (Å²) in [5.41, 5.74) is 13.6. The van der Waals surface area contributed by atoms with Gasteiger partial charge in [-0.3, -0.25) is 29.6 Å². The molecule has 0 unspecified atom stereocenters. The van der Waals surface area contributed by atoms with Gasteiger partial charge in [0, 0.05) is 87.3 Å². The molecule has 4 fully saturated rings. The predicted octanol–water partition coefficient (Wildman–Crippen LogP) is -3.62. The number of phenols is 3. The highest BCUT2D eigenvalue weighted by molar-refractivity contribution is 6.24. The normalized spacial score (nSPS) is 38.3. The van der Waals surface area contributed by atoms with Crippen molar-refractivity contribution in [3.05, 3.63) is 52.8 Å². The summed E-state index contributed by atoms with van der Waals surface area (Å²) in [7, 11) is 4.84. The number of hydrogen-bond donors (Lipinski definition) is 19. The number of carbonyl (C=O) groups excluding carboxylic acids is 4. The van der Waals surface area contributed by atoms with Crippen molar-refractivity contribution in [2.75, 3.05) is 59.3 Å². The van der Waals surface area contributed by atoms with Crippen LogP contribution in [0.15, 0.2) is 46.2 Å². The molecule has 0 spiro atoms. The van der Waals surface area contributed by atoms with Crippen molar-refractivity contribution in [1.82, 2.24) is 20.5 Å². The average Bonchev–Trinajstić information content (AvgIpc) is 1.57. The first kappa shape index (κ1) is 78.9. The van der Waals surface area contributed by atoms with Gasteiger partial charge in [-0.15, -0.1) is 0 Å². The summed E-state index contributed by atoms with van der Waals surface area (Å²) in [5, 5.41) is 153. The van der Waals surface area contributed by atoms with E-state index in [0.717, 1.165) is 13.1 Å². The second-order valence-corrected chi connectivity index (χ2v) is 26.0. The molecule has 35 nitrogen and oxygen atoms in total. The SMILES string of the molecule is CN[C@H]1[C@@H](O[C@@H]2[C@@H](O[C@H]3[C@H](O)[C@@H](O)[C@H](NC(=N)N)[C@@H](O)[C@@H]3N=C(N)N)O[C@H](C)[C@@]2(O)C=O)O[C@H](CO)[C@@H](O)[C@@H]1O.CO[C@H]1/C=C/O[C@@]2(C)Oc3c(C)c(O)c4c(O)c(c(/C=N/N5CCN(C)CC5)c(O)c4c3C2=O)NC(=O)/C(C)=C\C=C\[C@H](C)[C@H](O)[C@@H](C)[C@@H](O)[C@@H](C)[C@H](OC(C)=O)[C@@H]1C. The van der Waals surface area contributed by atoms with E-state index in [1.54, 1.807) is 44.9 Å². The summed E-state index contributed by atoms with van der Waals surface area (Å²) in [4.78, 5) is 58.6. The molecule has 3 saturated heterocycles. The number of nitrogens with two attached hydrogens (primary N) is 3. The standard InChI is InChI=1S/C43H58N4O12.C21H39N7O12/c1-21-12-11-13-22(2)42(55)45-33-28(20-44-47-17-15-46(9)16-18-47)37(52)30-31(38(33)53)36(51)26(6)40-32(30)41(54)43(8,59-40)57-19-14-29(56-10)23(3)39(58-27(7)48)25(5)35(50)24(4)34(21)49;1-5-21(36,4-30)16(40-17-9(26-2)13(34)10(31)6(3-29)38-17)18(37-5)39-15-8(28-20(24)25)11(32)7(27-19(22)23)12(33)14(15)35/h11-14,19-21,23-25,29,34-35,39,49-53H,15-18H2,1-10H3,(H,45,55);4-18,26,29,31-36H,3H2,1-2H3,(H4,22,23,27)(H4,24,25,28)/b12-11+,19-14+,22-13-,44-20+;/t21-,23+,24+,25+,29-,34-,35+,39+,43-;5-,6-,7-,8+,9-,10-,11-,12+,13-,14-,15-,16-,17-,18-,21+/m01/s1. The van der Waals surface area contributed by atoms with E-state index in [1.165, 1.54) is 73.4 Å². The number of aliphatic hydroxyl groups excluding tert-OH is 8. The van der Waals surface area contributed by atoms with Crippen LogP contribution in [0, 0.1) is 36.0 Å². The van der Waals surface area contributed by atoms with E-state index in [9.17, 15) is 80.5 Å². The van der Waals surface area contributed by atoms with Crippen molar-refractivity contribution in [2.45, 2.75) is 184 Å².